The predicted octanol–water partition coefficient (Wildman–Crippen LogP) is 3.28. The van der Waals surface area contributed by atoms with Gasteiger partial charge in [-0.05, 0) is 30.2 Å². The van der Waals surface area contributed by atoms with Crippen LogP contribution in [0.5, 0.6) is 0 Å². The molecule has 1 aromatic heterocycles. The van der Waals surface area contributed by atoms with Gasteiger partial charge in [0.25, 0.3) is 0 Å². The van der Waals surface area contributed by atoms with Crippen LogP contribution >= 0.6 is 11.6 Å². The van der Waals surface area contributed by atoms with E-state index < -0.39 is 18.6 Å². The molecular weight excluding hydrogens is 219 g/mol. The molecule has 0 fully saturated rings. The summed E-state index contributed by atoms with van der Waals surface area (Å²) in [6, 6.07) is 2.16. The molecule has 0 aliphatic rings. The molecule has 2 nitrogen and oxygen atoms in total. The first-order valence-corrected chi connectivity index (χ1v) is 4.34. The van der Waals surface area contributed by atoms with Crippen LogP contribution in [0.4, 0.5) is 13.2 Å². The molecule has 0 saturated heterocycles. The Bertz CT molecular complexity index is 297. The van der Waals surface area contributed by atoms with E-state index in [1.165, 1.54) is 12.1 Å². The van der Waals surface area contributed by atoms with Gasteiger partial charge in [-0.2, -0.15) is 13.2 Å². The number of alkyl halides is 3. The van der Waals surface area contributed by atoms with Crippen molar-refractivity contribution in [3.8, 4) is 0 Å². The molecule has 0 aliphatic heterocycles. The van der Waals surface area contributed by atoms with Gasteiger partial charge in [-0.1, -0.05) is 0 Å². The minimum absolute atomic E-state index is 0.127. The minimum atomic E-state index is -4.19. The summed E-state index contributed by atoms with van der Waals surface area (Å²) in [5.41, 5.74) is 5.46. The van der Waals surface area contributed by atoms with Gasteiger partial charge in [0.2, 0.25) is 0 Å². The van der Waals surface area contributed by atoms with Crippen molar-refractivity contribution in [3.63, 3.8) is 0 Å². The van der Waals surface area contributed by atoms with Crippen LogP contribution < -0.4 is 5.73 Å². The summed E-state index contributed by atoms with van der Waals surface area (Å²) in [4.78, 5) is 0. The highest BCUT2D eigenvalue weighted by Gasteiger charge is 2.28. The van der Waals surface area contributed by atoms with Gasteiger partial charge in [0.05, 0.1) is 6.04 Å². The van der Waals surface area contributed by atoms with Gasteiger partial charge < -0.3 is 10.2 Å². The standard InChI is InChI=1S/C8H9ClF3NO/c9-7-2-1-6(14-7)5(13)3-4-8(10,11)12/h1-2,5H,3-4,13H2. The molecule has 1 rings (SSSR count). The van der Waals surface area contributed by atoms with Gasteiger partial charge in [-0.3, -0.25) is 0 Å². The zero-order valence-corrected chi connectivity index (χ0v) is 7.90. The van der Waals surface area contributed by atoms with E-state index >= 15 is 0 Å². The van der Waals surface area contributed by atoms with E-state index in [2.05, 4.69) is 0 Å². The average Bonchev–Trinajstić information content (AvgIpc) is 2.46. The summed E-state index contributed by atoms with van der Waals surface area (Å²) in [6.45, 7) is 0. The SMILES string of the molecule is NC(CCC(F)(F)F)c1ccc(Cl)o1. The molecule has 0 aliphatic carbocycles. The molecule has 80 valence electrons. The molecule has 0 radical (unpaired) electrons. The van der Waals surface area contributed by atoms with Crippen LogP contribution in [0, 0.1) is 0 Å². The molecule has 1 aromatic rings. The molecule has 2 N–H and O–H groups in total. The molecule has 0 amide bonds. The first-order chi connectivity index (χ1) is 6.38. The van der Waals surface area contributed by atoms with Crippen molar-refractivity contribution < 1.29 is 17.6 Å². The topological polar surface area (TPSA) is 39.2 Å². The molecule has 1 unspecified atom stereocenters. The normalized spacial score (nSPS) is 14.4. The summed E-state index contributed by atoms with van der Waals surface area (Å²) in [5.74, 6) is 0.277. The van der Waals surface area contributed by atoms with Gasteiger partial charge in [-0.15, -0.1) is 0 Å². The summed E-state index contributed by atoms with van der Waals surface area (Å²) < 4.78 is 40.4. The fourth-order valence-corrected chi connectivity index (χ4v) is 1.14. The van der Waals surface area contributed by atoms with E-state index in [0.29, 0.717) is 0 Å². The van der Waals surface area contributed by atoms with Crippen molar-refractivity contribution >= 4 is 11.6 Å². The second-order valence-corrected chi connectivity index (χ2v) is 3.27. The van der Waals surface area contributed by atoms with Gasteiger partial charge in [0, 0.05) is 6.42 Å². The Hall–Kier alpha value is -0.680. The first kappa shape index (κ1) is 11.4. The predicted molar refractivity (Wildman–Crippen MR) is 45.9 cm³/mol. The van der Waals surface area contributed by atoms with Gasteiger partial charge >= 0.3 is 6.18 Å². The van der Waals surface area contributed by atoms with Crippen molar-refractivity contribution in [3.05, 3.63) is 23.1 Å². The molecule has 14 heavy (non-hydrogen) atoms. The Morgan fingerprint density at radius 2 is 2.07 bits per heavy atom. The third-order valence-corrected chi connectivity index (χ3v) is 1.90. The quantitative estimate of drug-likeness (QED) is 0.861. The Labute approximate surface area is 83.8 Å². The number of halogens is 4. The van der Waals surface area contributed by atoms with Crippen LogP contribution in [0.1, 0.15) is 24.6 Å². The molecule has 0 aromatic carbocycles. The maximum absolute atomic E-state index is 11.8. The number of rotatable bonds is 3. The zero-order chi connectivity index (χ0) is 10.8. The van der Waals surface area contributed by atoms with Gasteiger partial charge in [0.15, 0.2) is 5.22 Å². The third kappa shape index (κ3) is 3.59. The monoisotopic (exact) mass is 227 g/mol. The Morgan fingerprint density at radius 3 is 2.50 bits per heavy atom. The number of nitrogens with two attached hydrogens (primary N) is 1. The van der Waals surface area contributed by atoms with E-state index in [-0.39, 0.29) is 17.4 Å². The number of hydrogen-bond donors (Lipinski definition) is 1. The lowest BCUT2D eigenvalue weighted by molar-refractivity contribution is -0.136. The average molecular weight is 228 g/mol. The Morgan fingerprint density at radius 1 is 1.43 bits per heavy atom. The van der Waals surface area contributed by atoms with Crippen LogP contribution in [0.2, 0.25) is 5.22 Å². The smallest absolute Gasteiger partial charge is 0.389 e. The van der Waals surface area contributed by atoms with Crippen molar-refractivity contribution in [2.45, 2.75) is 25.1 Å². The molecule has 0 bridgehead atoms. The van der Waals surface area contributed by atoms with E-state index in [1.54, 1.807) is 0 Å². The summed E-state index contributed by atoms with van der Waals surface area (Å²) in [7, 11) is 0. The maximum atomic E-state index is 11.8. The number of hydrogen-bond acceptors (Lipinski definition) is 2. The summed E-state index contributed by atoms with van der Waals surface area (Å²) >= 11 is 5.45. The maximum Gasteiger partial charge on any atom is 0.389 e. The summed E-state index contributed by atoms with van der Waals surface area (Å²) in [5, 5.41) is 0.127. The van der Waals surface area contributed by atoms with E-state index in [4.69, 9.17) is 21.8 Å². The molecular formula is C8H9ClF3NO. The molecule has 0 saturated carbocycles. The van der Waals surface area contributed by atoms with E-state index in [0.717, 1.165) is 0 Å². The van der Waals surface area contributed by atoms with Gasteiger partial charge in [0.1, 0.15) is 5.76 Å². The highest BCUT2D eigenvalue weighted by Crippen LogP contribution is 2.27. The second kappa shape index (κ2) is 4.23. The lowest BCUT2D eigenvalue weighted by Gasteiger charge is -2.10. The molecule has 1 atom stereocenters. The fraction of sp³-hybridized carbons (Fsp3) is 0.500. The van der Waals surface area contributed by atoms with Crippen LogP contribution in [-0.2, 0) is 0 Å². The van der Waals surface area contributed by atoms with E-state index in [9.17, 15) is 13.2 Å². The second-order valence-electron chi connectivity index (χ2n) is 2.90. The largest absolute Gasteiger partial charge is 0.448 e. The van der Waals surface area contributed by atoms with Crippen LogP contribution in [0.25, 0.3) is 0 Å². The zero-order valence-electron chi connectivity index (χ0n) is 7.14. The third-order valence-electron chi connectivity index (χ3n) is 1.70. The van der Waals surface area contributed by atoms with Crippen LogP contribution in [-0.4, -0.2) is 6.18 Å². The Kier molecular flexibility index (Phi) is 3.44. The first-order valence-electron chi connectivity index (χ1n) is 3.96. The van der Waals surface area contributed by atoms with Gasteiger partial charge in [-0.25, -0.2) is 0 Å². The van der Waals surface area contributed by atoms with Crippen molar-refractivity contribution in [2.24, 2.45) is 5.73 Å². The van der Waals surface area contributed by atoms with Crippen LogP contribution in [0.15, 0.2) is 16.5 Å². The molecule has 6 heteroatoms. The lowest BCUT2D eigenvalue weighted by atomic mass is 10.1. The fourth-order valence-electron chi connectivity index (χ4n) is 0.989. The Balaban J connectivity index is 2.47. The lowest BCUT2D eigenvalue weighted by Crippen LogP contribution is -2.15. The highest BCUT2D eigenvalue weighted by atomic mass is 35.5. The summed E-state index contributed by atoms with van der Waals surface area (Å²) in [6.07, 6.45) is -5.31. The molecule has 0 spiro atoms. The van der Waals surface area contributed by atoms with Crippen molar-refractivity contribution in [1.29, 1.82) is 0 Å². The van der Waals surface area contributed by atoms with Crippen molar-refractivity contribution in [1.82, 2.24) is 0 Å². The van der Waals surface area contributed by atoms with E-state index in [1.807, 2.05) is 0 Å². The molecule has 1 heterocycles. The van der Waals surface area contributed by atoms with Crippen LogP contribution in [0.3, 0.4) is 0 Å². The van der Waals surface area contributed by atoms with Crippen molar-refractivity contribution in [2.75, 3.05) is 0 Å². The highest BCUT2D eigenvalue weighted by molar-refractivity contribution is 6.28. The number of furan rings is 1. The minimum Gasteiger partial charge on any atom is -0.448 e.